The summed E-state index contributed by atoms with van der Waals surface area (Å²) in [5.41, 5.74) is -0.674. The van der Waals surface area contributed by atoms with Gasteiger partial charge in [0, 0.05) is 32.2 Å². The van der Waals surface area contributed by atoms with E-state index in [4.69, 9.17) is 9.47 Å². The number of hydrogen-bond acceptors (Lipinski definition) is 4. The van der Waals surface area contributed by atoms with Crippen LogP contribution in [0.4, 0.5) is 0 Å². The van der Waals surface area contributed by atoms with Crippen molar-refractivity contribution < 1.29 is 14.3 Å². The minimum Gasteiger partial charge on any atom is -0.378 e. The Labute approximate surface area is 127 Å². The second-order valence-corrected chi connectivity index (χ2v) is 6.75. The summed E-state index contributed by atoms with van der Waals surface area (Å²) in [7, 11) is 0. The molecule has 0 unspecified atom stereocenters. The molecule has 2 aliphatic heterocycles. The predicted molar refractivity (Wildman–Crippen MR) is 80.2 cm³/mol. The Morgan fingerprint density at radius 1 is 1.05 bits per heavy atom. The number of rotatable bonds is 2. The van der Waals surface area contributed by atoms with E-state index < -0.39 is 5.60 Å². The molecule has 5 nitrogen and oxygen atoms in total. The van der Waals surface area contributed by atoms with Gasteiger partial charge in [-0.15, -0.1) is 0 Å². The van der Waals surface area contributed by atoms with Gasteiger partial charge in [-0.05, 0) is 19.8 Å². The normalized spacial score (nSPS) is 33.1. The van der Waals surface area contributed by atoms with Crippen molar-refractivity contribution in [1.29, 1.82) is 0 Å². The molecule has 1 amide bonds. The molecule has 0 aromatic heterocycles. The maximum Gasteiger partial charge on any atom is 0.256 e. The van der Waals surface area contributed by atoms with E-state index in [0.29, 0.717) is 39.0 Å². The van der Waals surface area contributed by atoms with Crippen LogP contribution in [-0.4, -0.2) is 73.3 Å². The van der Waals surface area contributed by atoms with Crippen LogP contribution in [0.15, 0.2) is 0 Å². The zero-order valence-electron chi connectivity index (χ0n) is 13.2. The van der Waals surface area contributed by atoms with Crippen LogP contribution in [0.1, 0.15) is 39.0 Å². The van der Waals surface area contributed by atoms with Crippen LogP contribution in [0.2, 0.25) is 0 Å². The SMILES string of the molecule is C[C@]1(C(=O)N2CCOCC2)CN(C2CCCCC2)CCO1. The first kappa shape index (κ1) is 15.3. The van der Waals surface area contributed by atoms with Crippen molar-refractivity contribution in [1.82, 2.24) is 9.80 Å². The van der Waals surface area contributed by atoms with Gasteiger partial charge in [0.25, 0.3) is 5.91 Å². The highest BCUT2D eigenvalue weighted by atomic mass is 16.5. The zero-order chi connectivity index (χ0) is 14.7. The zero-order valence-corrected chi connectivity index (χ0v) is 13.2. The molecular formula is C16H28N2O3. The lowest BCUT2D eigenvalue weighted by molar-refractivity contribution is -0.173. The molecule has 3 rings (SSSR count). The fraction of sp³-hybridized carbons (Fsp3) is 0.938. The lowest BCUT2D eigenvalue weighted by Crippen LogP contribution is -2.62. The third-order valence-corrected chi connectivity index (χ3v) is 5.15. The molecule has 2 heterocycles. The number of ether oxygens (including phenoxy) is 2. The lowest BCUT2D eigenvalue weighted by atomic mass is 9.92. The Morgan fingerprint density at radius 3 is 2.48 bits per heavy atom. The van der Waals surface area contributed by atoms with Crippen LogP contribution in [0.5, 0.6) is 0 Å². The minimum atomic E-state index is -0.674. The van der Waals surface area contributed by atoms with Gasteiger partial charge in [0.1, 0.15) is 0 Å². The highest BCUT2D eigenvalue weighted by Gasteiger charge is 2.43. The maximum absolute atomic E-state index is 12.8. The van der Waals surface area contributed by atoms with E-state index in [9.17, 15) is 4.79 Å². The van der Waals surface area contributed by atoms with E-state index in [2.05, 4.69) is 4.90 Å². The second-order valence-electron chi connectivity index (χ2n) is 6.75. The molecule has 0 spiro atoms. The van der Waals surface area contributed by atoms with Crippen molar-refractivity contribution >= 4 is 5.91 Å². The summed E-state index contributed by atoms with van der Waals surface area (Å²) in [6.07, 6.45) is 6.58. The fourth-order valence-corrected chi connectivity index (χ4v) is 3.89. The average molecular weight is 296 g/mol. The summed E-state index contributed by atoms with van der Waals surface area (Å²) in [5, 5.41) is 0. The van der Waals surface area contributed by atoms with E-state index in [0.717, 1.165) is 13.1 Å². The van der Waals surface area contributed by atoms with Gasteiger partial charge in [0.15, 0.2) is 5.60 Å². The average Bonchev–Trinajstić information content (AvgIpc) is 2.56. The number of hydrogen-bond donors (Lipinski definition) is 0. The summed E-state index contributed by atoms with van der Waals surface area (Å²) >= 11 is 0. The second kappa shape index (κ2) is 6.63. The molecule has 2 saturated heterocycles. The number of carbonyl (C=O) groups excluding carboxylic acids is 1. The highest BCUT2D eigenvalue weighted by Crippen LogP contribution is 2.28. The van der Waals surface area contributed by atoms with Gasteiger partial charge in [-0.1, -0.05) is 19.3 Å². The third-order valence-electron chi connectivity index (χ3n) is 5.15. The molecule has 1 aliphatic carbocycles. The van der Waals surface area contributed by atoms with Crippen molar-refractivity contribution in [3.63, 3.8) is 0 Å². The maximum atomic E-state index is 12.8. The van der Waals surface area contributed by atoms with Crippen LogP contribution in [0, 0.1) is 0 Å². The Bertz CT molecular complexity index is 365. The summed E-state index contributed by atoms with van der Waals surface area (Å²) in [5.74, 6) is 0.145. The number of nitrogens with zero attached hydrogens (tertiary/aromatic N) is 2. The molecule has 21 heavy (non-hydrogen) atoms. The topological polar surface area (TPSA) is 42.0 Å². The summed E-state index contributed by atoms with van der Waals surface area (Å²) in [6.45, 7) is 7.04. The van der Waals surface area contributed by atoms with Crippen molar-refractivity contribution in [2.75, 3.05) is 46.0 Å². The van der Waals surface area contributed by atoms with Gasteiger partial charge in [-0.3, -0.25) is 9.69 Å². The smallest absolute Gasteiger partial charge is 0.256 e. The largest absolute Gasteiger partial charge is 0.378 e. The molecule has 0 N–H and O–H groups in total. The van der Waals surface area contributed by atoms with Gasteiger partial charge in [0.05, 0.1) is 19.8 Å². The number of morpholine rings is 2. The van der Waals surface area contributed by atoms with E-state index in [1.807, 2.05) is 11.8 Å². The van der Waals surface area contributed by atoms with E-state index in [1.165, 1.54) is 32.1 Å². The number of carbonyl (C=O) groups is 1. The van der Waals surface area contributed by atoms with Crippen LogP contribution >= 0.6 is 0 Å². The van der Waals surface area contributed by atoms with E-state index in [1.54, 1.807) is 0 Å². The first-order chi connectivity index (χ1) is 10.2. The van der Waals surface area contributed by atoms with Crippen molar-refractivity contribution in [3.05, 3.63) is 0 Å². The molecule has 0 aromatic carbocycles. The predicted octanol–water partition coefficient (Wildman–Crippen LogP) is 1.27. The molecule has 1 atom stereocenters. The molecule has 120 valence electrons. The van der Waals surface area contributed by atoms with Crippen molar-refractivity contribution in [2.45, 2.75) is 50.7 Å². The monoisotopic (exact) mass is 296 g/mol. The molecule has 1 saturated carbocycles. The lowest BCUT2D eigenvalue weighted by Gasteiger charge is -2.45. The molecule has 0 aromatic rings. The third kappa shape index (κ3) is 3.41. The first-order valence-corrected chi connectivity index (χ1v) is 8.44. The van der Waals surface area contributed by atoms with Crippen LogP contribution in [-0.2, 0) is 14.3 Å². The fourth-order valence-electron chi connectivity index (χ4n) is 3.89. The molecule has 0 bridgehead atoms. The highest BCUT2D eigenvalue weighted by molar-refractivity contribution is 5.85. The molecule has 5 heteroatoms. The molecule has 3 fully saturated rings. The Balaban J connectivity index is 1.63. The van der Waals surface area contributed by atoms with Gasteiger partial charge in [-0.25, -0.2) is 0 Å². The van der Waals surface area contributed by atoms with Crippen molar-refractivity contribution in [3.8, 4) is 0 Å². The molecule has 3 aliphatic rings. The Hall–Kier alpha value is -0.650. The summed E-state index contributed by atoms with van der Waals surface area (Å²) in [6, 6.07) is 0.652. The van der Waals surface area contributed by atoms with Gasteiger partial charge >= 0.3 is 0 Å². The minimum absolute atomic E-state index is 0.145. The van der Waals surface area contributed by atoms with Crippen LogP contribution in [0.3, 0.4) is 0 Å². The van der Waals surface area contributed by atoms with E-state index >= 15 is 0 Å². The molecular weight excluding hydrogens is 268 g/mol. The van der Waals surface area contributed by atoms with E-state index in [-0.39, 0.29) is 5.91 Å². The summed E-state index contributed by atoms with van der Waals surface area (Å²) < 4.78 is 11.3. The first-order valence-electron chi connectivity index (χ1n) is 8.44. The van der Waals surface area contributed by atoms with Gasteiger partial charge in [0.2, 0.25) is 0 Å². The Morgan fingerprint density at radius 2 is 1.76 bits per heavy atom. The number of amides is 1. The summed E-state index contributed by atoms with van der Waals surface area (Å²) in [4.78, 5) is 17.2. The molecule has 0 radical (unpaired) electrons. The standard InChI is InChI=1S/C16H28N2O3/c1-16(15(19)17-7-10-20-11-8-17)13-18(9-12-21-16)14-5-3-2-4-6-14/h14H,2-13H2,1H3/t16-/m1/s1. The van der Waals surface area contributed by atoms with Crippen molar-refractivity contribution in [2.24, 2.45) is 0 Å². The van der Waals surface area contributed by atoms with Gasteiger partial charge < -0.3 is 14.4 Å². The Kier molecular flexibility index (Phi) is 4.82. The van der Waals surface area contributed by atoms with Crippen LogP contribution < -0.4 is 0 Å². The van der Waals surface area contributed by atoms with Crippen LogP contribution in [0.25, 0.3) is 0 Å². The quantitative estimate of drug-likeness (QED) is 0.769. The van der Waals surface area contributed by atoms with Gasteiger partial charge in [-0.2, -0.15) is 0 Å².